The minimum Gasteiger partial charge on any atom is -0.330 e. The van der Waals surface area contributed by atoms with Crippen LogP contribution in [-0.4, -0.2) is 15.9 Å². The summed E-state index contributed by atoms with van der Waals surface area (Å²) in [5, 5.41) is 1.15. The van der Waals surface area contributed by atoms with Gasteiger partial charge in [0, 0.05) is 12.5 Å². The summed E-state index contributed by atoms with van der Waals surface area (Å²) in [5.74, 6) is 2.11. The van der Waals surface area contributed by atoms with Crippen molar-refractivity contribution in [2.75, 3.05) is 6.54 Å². The predicted octanol–water partition coefficient (Wildman–Crippen LogP) is 2.08. The molecule has 1 saturated carbocycles. The zero-order valence-corrected chi connectivity index (χ0v) is 9.39. The first-order valence-electron chi connectivity index (χ1n) is 5.31. The molecule has 0 aromatic carbocycles. The lowest BCUT2D eigenvalue weighted by atomic mass is 9.91. The number of nitrogens with two attached hydrogens (primary N) is 1. The fourth-order valence-electron chi connectivity index (χ4n) is 2.32. The van der Waals surface area contributed by atoms with Crippen LogP contribution < -0.4 is 5.73 Å². The fourth-order valence-corrected chi connectivity index (χ4v) is 3.18. The zero-order chi connectivity index (χ0) is 9.97. The van der Waals surface area contributed by atoms with Crippen molar-refractivity contribution in [3.63, 3.8) is 0 Å². The van der Waals surface area contributed by atoms with E-state index in [1.165, 1.54) is 37.2 Å². The molecule has 0 saturated heterocycles. The number of aryl methyl sites for hydroxylation is 1. The van der Waals surface area contributed by atoms with E-state index in [0.717, 1.165) is 23.3 Å². The Balaban J connectivity index is 2.12. The smallest absolute Gasteiger partial charge is 0.139 e. The Labute approximate surface area is 88.9 Å². The summed E-state index contributed by atoms with van der Waals surface area (Å²) < 4.78 is 4.23. The number of aromatic nitrogens is 2. The first-order valence-corrected chi connectivity index (χ1v) is 6.09. The molecule has 3 nitrogen and oxygen atoms in total. The summed E-state index contributed by atoms with van der Waals surface area (Å²) in [7, 11) is 0. The molecule has 0 aliphatic heterocycles. The lowest BCUT2D eigenvalue weighted by Crippen LogP contribution is -2.19. The Morgan fingerprint density at radius 1 is 1.50 bits per heavy atom. The molecule has 1 unspecified atom stereocenters. The van der Waals surface area contributed by atoms with E-state index >= 15 is 0 Å². The van der Waals surface area contributed by atoms with Gasteiger partial charge in [0.05, 0.1) is 0 Å². The predicted molar refractivity (Wildman–Crippen MR) is 58.4 cm³/mol. The van der Waals surface area contributed by atoms with Crippen molar-refractivity contribution in [3.05, 3.63) is 10.8 Å². The summed E-state index contributed by atoms with van der Waals surface area (Å²) in [4.78, 5) is 4.45. The molecule has 78 valence electrons. The molecule has 0 radical (unpaired) electrons. The highest BCUT2D eigenvalue weighted by atomic mass is 32.1. The van der Waals surface area contributed by atoms with Crippen molar-refractivity contribution in [1.82, 2.24) is 9.36 Å². The molecule has 0 spiro atoms. The van der Waals surface area contributed by atoms with E-state index in [0.29, 0.717) is 5.92 Å². The molecular formula is C10H17N3S. The van der Waals surface area contributed by atoms with Crippen LogP contribution in [0.25, 0.3) is 0 Å². The third kappa shape index (κ3) is 1.96. The van der Waals surface area contributed by atoms with Crippen LogP contribution in [-0.2, 0) is 0 Å². The maximum absolute atomic E-state index is 5.83. The van der Waals surface area contributed by atoms with Crippen LogP contribution in [0.15, 0.2) is 0 Å². The quantitative estimate of drug-likeness (QED) is 0.832. The van der Waals surface area contributed by atoms with Crippen LogP contribution in [0.3, 0.4) is 0 Å². The first-order chi connectivity index (χ1) is 6.81. The van der Waals surface area contributed by atoms with Crippen molar-refractivity contribution in [3.8, 4) is 0 Å². The lowest BCUT2D eigenvalue weighted by molar-refractivity contribution is 0.439. The average molecular weight is 211 g/mol. The van der Waals surface area contributed by atoms with Crippen LogP contribution in [0.2, 0.25) is 0 Å². The molecule has 1 heterocycles. The maximum Gasteiger partial charge on any atom is 0.139 e. The van der Waals surface area contributed by atoms with Crippen molar-refractivity contribution in [2.45, 2.75) is 38.5 Å². The largest absolute Gasteiger partial charge is 0.330 e. The molecule has 2 N–H and O–H groups in total. The molecule has 1 aliphatic rings. The molecule has 1 aromatic heterocycles. The second kappa shape index (κ2) is 4.36. The zero-order valence-electron chi connectivity index (χ0n) is 8.57. The summed E-state index contributed by atoms with van der Waals surface area (Å²) >= 11 is 1.53. The number of hydrogen-bond acceptors (Lipinski definition) is 4. The highest BCUT2D eigenvalue weighted by Gasteiger charge is 2.27. The number of nitrogens with zero attached hydrogens (tertiary/aromatic N) is 2. The normalized spacial score (nSPS) is 20.1. The Bertz CT molecular complexity index is 291. The van der Waals surface area contributed by atoms with E-state index in [-0.39, 0.29) is 0 Å². The van der Waals surface area contributed by atoms with E-state index < -0.39 is 0 Å². The number of hydrogen-bond donors (Lipinski definition) is 1. The van der Waals surface area contributed by atoms with Crippen molar-refractivity contribution in [1.29, 1.82) is 0 Å². The molecule has 0 amide bonds. The van der Waals surface area contributed by atoms with Crippen LogP contribution in [0.4, 0.5) is 0 Å². The van der Waals surface area contributed by atoms with Crippen LogP contribution in [0.5, 0.6) is 0 Å². The Morgan fingerprint density at radius 2 is 2.21 bits per heavy atom. The second-order valence-electron chi connectivity index (χ2n) is 4.07. The summed E-state index contributed by atoms with van der Waals surface area (Å²) in [5.41, 5.74) is 5.83. The molecule has 14 heavy (non-hydrogen) atoms. The molecular weight excluding hydrogens is 194 g/mol. The van der Waals surface area contributed by atoms with Gasteiger partial charge in [-0.15, -0.1) is 0 Å². The molecule has 2 rings (SSSR count). The number of rotatable bonds is 3. The van der Waals surface area contributed by atoms with Gasteiger partial charge in [-0.3, -0.25) is 0 Å². The standard InChI is InChI=1S/C10H17N3S/c1-7-12-10(14-13-7)9(6-11)8-4-2-3-5-8/h8-9H,2-6,11H2,1H3. The summed E-state index contributed by atoms with van der Waals surface area (Å²) in [6, 6.07) is 0. The van der Waals surface area contributed by atoms with E-state index in [1.807, 2.05) is 6.92 Å². The van der Waals surface area contributed by atoms with Gasteiger partial charge in [-0.2, -0.15) is 4.37 Å². The van der Waals surface area contributed by atoms with Crippen LogP contribution in [0, 0.1) is 12.8 Å². The van der Waals surface area contributed by atoms with Crippen molar-refractivity contribution >= 4 is 11.5 Å². The van der Waals surface area contributed by atoms with Gasteiger partial charge in [-0.05, 0) is 37.2 Å². The molecule has 4 heteroatoms. The van der Waals surface area contributed by atoms with Crippen molar-refractivity contribution in [2.24, 2.45) is 11.7 Å². The van der Waals surface area contributed by atoms with Gasteiger partial charge in [0.15, 0.2) is 0 Å². The second-order valence-corrected chi connectivity index (χ2v) is 4.85. The Hall–Kier alpha value is -0.480. The minimum absolute atomic E-state index is 0.462. The van der Waals surface area contributed by atoms with Crippen LogP contribution in [0.1, 0.15) is 42.4 Å². The molecule has 1 atom stereocenters. The van der Waals surface area contributed by atoms with Gasteiger partial charge in [-0.1, -0.05) is 12.8 Å². The highest BCUT2D eigenvalue weighted by molar-refractivity contribution is 7.05. The first kappa shape index (κ1) is 10.1. The molecule has 1 aromatic rings. The van der Waals surface area contributed by atoms with Gasteiger partial charge in [-0.25, -0.2) is 4.98 Å². The third-order valence-electron chi connectivity index (χ3n) is 3.08. The lowest BCUT2D eigenvalue weighted by Gasteiger charge is -2.18. The van der Waals surface area contributed by atoms with E-state index in [4.69, 9.17) is 5.73 Å². The average Bonchev–Trinajstić information content (AvgIpc) is 2.79. The molecule has 1 fully saturated rings. The highest BCUT2D eigenvalue weighted by Crippen LogP contribution is 2.37. The monoisotopic (exact) mass is 211 g/mol. The van der Waals surface area contributed by atoms with Gasteiger partial charge in [0.1, 0.15) is 10.8 Å². The van der Waals surface area contributed by atoms with E-state index in [9.17, 15) is 0 Å². The van der Waals surface area contributed by atoms with Crippen LogP contribution >= 0.6 is 11.5 Å². The summed E-state index contributed by atoms with van der Waals surface area (Å²) in [6.45, 7) is 2.67. The SMILES string of the molecule is Cc1nsc(C(CN)C2CCCC2)n1. The van der Waals surface area contributed by atoms with Crippen molar-refractivity contribution < 1.29 is 0 Å². The van der Waals surface area contributed by atoms with Gasteiger partial charge < -0.3 is 5.73 Å². The maximum atomic E-state index is 5.83. The third-order valence-corrected chi connectivity index (χ3v) is 4.02. The minimum atomic E-state index is 0.462. The Morgan fingerprint density at radius 3 is 2.71 bits per heavy atom. The van der Waals surface area contributed by atoms with E-state index in [2.05, 4.69) is 9.36 Å². The van der Waals surface area contributed by atoms with E-state index in [1.54, 1.807) is 0 Å². The molecule has 0 bridgehead atoms. The molecule has 1 aliphatic carbocycles. The van der Waals surface area contributed by atoms with Gasteiger partial charge >= 0.3 is 0 Å². The topological polar surface area (TPSA) is 51.8 Å². The fraction of sp³-hybridized carbons (Fsp3) is 0.800. The Kier molecular flexibility index (Phi) is 3.13. The summed E-state index contributed by atoms with van der Waals surface area (Å²) in [6.07, 6.45) is 5.36. The van der Waals surface area contributed by atoms with Gasteiger partial charge in [0.25, 0.3) is 0 Å². The van der Waals surface area contributed by atoms with Gasteiger partial charge in [0.2, 0.25) is 0 Å².